The summed E-state index contributed by atoms with van der Waals surface area (Å²) in [5.74, 6) is -0.173. The predicted octanol–water partition coefficient (Wildman–Crippen LogP) is 3.91. The second-order valence-corrected chi connectivity index (χ2v) is 6.38. The van der Waals surface area contributed by atoms with Crippen LogP contribution in [0.1, 0.15) is 21.6 Å². The molecule has 0 atom stereocenters. The summed E-state index contributed by atoms with van der Waals surface area (Å²) in [4.78, 5) is 18.1. The molecule has 0 bridgehead atoms. The van der Waals surface area contributed by atoms with E-state index in [0.717, 1.165) is 21.8 Å². The number of aliphatic hydroxyl groups excluding tert-OH is 1. The quantitative estimate of drug-likeness (QED) is 0.741. The van der Waals surface area contributed by atoms with Gasteiger partial charge >= 0.3 is 0 Å². The van der Waals surface area contributed by atoms with E-state index in [1.807, 2.05) is 60.8 Å². The minimum atomic E-state index is -0.173. The van der Waals surface area contributed by atoms with Gasteiger partial charge in [0.05, 0.1) is 21.8 Å². The zero-order chi connectivity index (χ0) is 16.9. The van der Waals surface area contributed by atoms with Gasteiger partial charge < -0.3 is 10.4 Å². The Morgan fingerprint density at radius 3 is 2.58 bits per heavy atom. The molecular weight excluding hydrogens is 320 g/mol. The average molecular weight is 338 g/mol. The van der Waals surface area contributed by atoms with Crippen LogP contribution in [0.4, 0.5) is 5.69 Å². The topological polar surface area (TPSA) is 62.2 Å². The number of nitrogens with zero attached hydrogens (tertiary/aromatic N) is 1. The van der Waals surface area contributed by atoms with E-state index in [0.29, 0.717) is 17.7 Å². The van der Waals surface area contributed by atoms with E-state index in [2.05, 4.69) is 10.3 Å². The standard InChI is InChI=1S/C19H18N2O2S/c1-13-16(8-9-17(20-13)18-3-2-12-24-18)19(23)21-15-6-4-14(5-7-15)10-11-22/h2-9,12,22H,10-11H2,1H3,(H,21,23). The lowest BCUT2D eigenvalue weighted by Crippen LogP contribution is -2.14. The van der Waals surface area contributed by atoms with E-state index in [1.54, 1.807) is 11.3 Å². The molecule has 24 heavy (non-hydrogen) atoms. The average Bonchev–Trinajstić information content (AvgIpc) is 3.11. The molecule has 2 heterocycles. The fourth-order valence-corrected chi connectivity index (χ4v) is 3.14. The lowest BCUT2D eigenvalue weighted by molar-refractivity contribution is 0.102. The molecule has 2 N–H and O–H groups in total. The van der Waals surface area contributed by atoms with Crippen molar-refractivity contribution in [3.05, 3.63) is 70.7 Å². The zero-order valence-corrected chi connectivity index (χ0v) is 14.1. The van der Waals surface area contributed by atoms with E-state index in [4.69, 9.17) is 5.11 Å². The Labute approximate surface area is 144 Å². The number of anilines is 1. The van der Waals surface area contributed by atoms with Crippen LogP contribution in [0.25, 0.3) is 10.6 Å². The number of pyridine rings is 1. The van der Waals surface area contributed by atoms with Gasteiger partial charge in [-0.2, -0.15) is 0 Å². The van der Waals surface area contributed by atoms with Crippen molar-refractivity contribution in [1.29, 1.82) is 0 Å². The fraction of sp³-hybridized carbons (Fsp3) is 0.158. The highest BCUT2D eigenvalue weighted by molar-refractivity contribution is 7.13. The summed E-state index contributed by atoms with van der Waals surface area (Å²) in [7, 11) is 0. The van der Waals surface area contributed by atoms with Gasteiger partial charge in [0.2, 0.25) is 0 Å². The van der Waals surface area contributed by atoms with E-state index >= 15 is 0 Å². The Kier molecular flexibility index (Phi) is 5.03. The molecule has 0 aliphatic carbocycles. The van der Waals surface area contributed by atoms with Crippen LogP contribution >= 0.6 is 11.3 Å². The maximum atomic E-state index is 12.5. The van der Waals surface area contributed by atoms with Gasteiger partial charge in [-0.15, -0.1) is 11.3 Å². The third kappa shape index (κ3) is 3.69. The van der Waals surface area contributed by atoms with Crippen molar-refractivity contribution in [1.82, 2.24) is 4.98 Å². The van der Waals surface area contributed by atoms with Crippen molar-refractivity contribution in [2.45, 2.75) is 13.3 Å². The van der Waals surface area contributed by atoms with Crippen LogP contribution in [0.2, 0.25) is 0 Å². The van der Waals surface area contributed by atoms with Crippen LogP contribution in [0.3, 0.4) is 0 Å². The number of thiophene rings is 1. The fourth-order valence-electron chi connectivity index (χ4n) is 2.44. The lowest BCUT2D eigenvalue weighted by Gasteiger charge is -2.09. The summed E-state index contributed by atoms with van der Waals surface area (Å²) in [5, 5.41) is 13.8. The van der Waals surface area contributed by atoms with E-state index < -0.39 is 0 Å². The number of aliphatic hydroxyl groups is 1. The first-order valence-corrected chi connectivity index (χ1v) is 8.58. The van der Waals surface area contributed by atoms with Crippen LogP contribution in [-0.2, 0) is 6.42 Å². The first-order valence-electron chi connectivity index (χ1n) is 7.70. The van der Waals surface area contributed by atoms with Gasteiger partial charge in [-0.25, -0.2) is 0 Å². The third-order valence-electron chi connectivity index (χ3n) is 3.72. The van der Waals surface area contributed by atoms with Gasteiger partial charge in [0.25, 0.3) is 5.91 Å². The Hall–Kier alpha value is -2.50. The van der Waals surface area contributed by atoms with Crippen LogP contribution in [0, 0.1) is 6.92 Å². The summed E-state index contributed by atoms with van der Waals surface area (Å²) < 4.78 is 0. The summed E-state index contributed by atoms with van der Waals surface area (Å²) in [6.45, 7) is 1.96. The molecule has 3 rings (SSSR count). The zero-order valence-electron chi connectivity index (χ0n) is 13.3. The molecule has 122 valence electrons. The molecule has 0 radical (unpaired) electrons. The molecular formula is C19H18N2O2S. The monoisotopic (exact) mass is 338 g/mol. The maximum Gasteiger partial charge on any atom is 0.257 e. The Morgan fingerprint density at radius 1 is 1.17 bits per heavy atom. The van der Waals surface area contributed by atoms with E-state index in [9.17, 15) is 4.79 Å². The van der Waals surface area contributed by atoms with Gasteiger partial charge in [0.15, 0.2) is 0 Å². The highest BCUT2D eigenvalue weighted by atomic mass is 32.1. The predicted molar refractivity (Wildman–Crippen MR) is 97.5 cm³/mol. The molecule has 1 aromatic carbocycles. The van der Waals surface area contributed by atoms with Gasteiger partial charge in [-0.05, 0) is 54.6 Å². The van der Waals surface area contributed by atoms with Crippen molar-refractivity contribution >= 4 is 22.9 Å². The number of rotatable bonds is 5. The molecule has 2 aromatic heterocycles. The molecule has 3 aromatic rings. The smallest absolute Gasteiger partial charge is 0.257 e. The minimum absolute atomic E-state index is 0.118. The van der Waals surface area contributed by atoms with Crippen LogP contribution in [-0.4, -0.2) is 22.6 Å². The van der Waals surface area contributed by atoms with Crippen LogP contribution in [0.5, 0.6) is 0 Å². The normalized spacial score (nSPS) is 10.6. The third-order valence-corrected chi connectivity index (χ3v) is 4.61. The van der Waals surface area contributed by atoms with Crippen LogP contribution < -0.4 is 5.32 Å². The highest BCUT2D eigenvalue weighted by Gasteiger charge is 2.12. The molecule has 5 heteroatoms. The van der Waals surface area contributed by atoms with Crippen molar-refractivity contribution in [2.24, 2.45) is 0 Å². The Bertz CT molecular complexity index is 827. The van der Waals surface area contributed by atoms with Crippen molar-refractivity contribution in [2.75, 3.05) is 11.9 Å². The summed E-state index contributed by atoms with van der Waals surface area (Å²) in [6, 6.07) is 15.2. The second-order valence-electron chi connectivity index (χ2n) is 5.43. The molecule has 4 nitrogen and oxygen atoms in total. The van der Waals surface area contributed by atoms with Gasteiger partial charge in [-0.1, -0.05) is 18.2 Å². The molecule has 1 amide bonds. The summed E-state index contributed by atoms with van der Waals surface area (Å²) in [6.07, 6.45) is 0.613. The van der Waals surface area contributed by atoms with Gasteiger partial charge in [0, 0.05) is 12.3 Å². The number of amides is 1. The number of hydrogen-bond donors (Lipinski definition) is 2. The largest absolute Gasteiger partial charge is 0.396 e. The molecule has 0 saturated carbocycles. The minimum Gasteiger partial charge on any atom is -0.396 e. The first-order chi connectivity index (χ1) is 11.7. The number of carbonyl (C=O) groups is 1. The van der Waals surface area contributed by atoms with E-state index in [1.165, 1.54) is 0 Å². The van der Waals surface area contributed by atoms with Crippen molar-refractivity contribution in [3.63, 3.8) is 0 Å². The molecule has 0 spiro atoms. The molecule has 0 fully saturated rings. The maximum absolute atomic E-state index is 12.5. The first kappa shape index (κ1) is 16.4. The molecule has 0 aliphatic heterocycles. The number of aryl methyl sites for hydroxylation is 1. The second kappa shape index (κ2) is 7.38. The highest BCUT2D eigenvalue weighted by Crippen LogP contribution is 2.24. The summed E-state index contributed by atoms with van der Waals surface area (Å²) >= 11 is 1.63. The molecule has 0 saturated heterocycles. The molecule has 0 aliphatic rings. The van der Waals surface area contributed by atoms with Crippen molar-refractivity contribution < 1.29 is 9.90 Å². The van der Waals surface area contributed by atoms with Gasteiger partial charge in [0.1, 0.15) is 0 Å². The molecule has 0 unspecified atom stereocenters. The Balaban J connectivity index is 1.75. The van der Waals surface area contributed by atoms with Crippen LogP contribution in [0.15, 0.2) is 53.9 Å². The number of nitrogens with one attached hydrogen (secondary N) is 1. The number of carbonyl (C=O) groups excluding carboxylic acids is 1. The van der Waals surface area contributed by atoms with E-state index in [-0.39, 0.29) is 12.5 Å². The van der Waals surface area contributed by atoms with Gasteiger partial charge in [-0.3, -0.25) is 9.78 Å². The number of aromatic nitrogens is 1. The Morgan fingerprint density at radius 2 is 1.96 bits per heavy atom. The number of benzene rings is 1. The lowest BCUT2D eigenvalue weighted by atomic mass is 10.1. The SMILES string of the molecule is Cc1nc(-c2cccs2)ccc1C(=O)Nc1ccc(CCO)cc1. The number of hydrogen-bond acceptors (Lipinski definition) is 4. The summed E-state index contributed by atoms with van der Waals surface area (Å²) in [5.41, 5.74) is 3.91. The van der Waals surface area contributed by atoms with Crippen molar-refractivity contribution in [3.8, 4) is 10.6 Å².